The van der Waals surface area contributed by atoms with Gasteiger partial charge < -0.3 is 9.30 Å². The van der Waals surface area contributed by atoms with Crippen LogP contribution in [0.5, 0.6) is 0 Å². The largest absolute Gasteiger partial charge is 0.380 e. The molecular weight excluding hydrogens is 282 g/mol. The Bertz CT molecular complexity index is 571. The number of ether oxygens (including phenoxy) is 1. The Labute approximate surface area is 108 Å². The van der Waals surface area contributed by atoms with Crippen molar-refractivity contribution in [1.82, 2.24) is 9.55 Å². The third-order valence-corrected chi connectivity index (χ3v) is 3.10. The van der Waals surface area contributed by atoms with Crippen LogP contribution in [-0.2, 0) is 11.3 Å². The van der Waals surface area contributed by atoms with Crippen LogP contribution in [0.15, 0.2) is 22.8 Å². The van der Waals surface area contributed by atoms with Gasteiger partial charge in [0.2, 0.25) is 0 Å². The molecule has 0 spiro atoms. The van der Waals surface area contributed by atoms with E-state index in [9.17, 15) is 0 Å². The normalized spacial score (nSPS) is 10.6. The van der Waals surface area contributed by atoms with E-state index < -0.39 is 0 Å². The molecular formula is C12H12BrN3O. The molecule has 0 aliphatic carbocycles. The lowest BCUT2D eigenvalue weighted by atomic mass is 10.3. The van der Waals surface area contributed by atoms with Crippen LogP contribution in [0.2, 0.25) is 0 Å². The van der Waals surface area contributed by atoms with Gasteiger partial charge in [0, 0.05) is 29.2 Å². The number of hydrogen-bond donors (Lipinski definition) is 0. The summed E-state index contributed by atoms with van der Waals surface area (Å²) in [5, 5.41) is 9.87. The summed E-state index contributed by atoms with van der Waals surface area (Å²) in [5.74, 6) is 0. The Kier molecular flexibility index (Phi) is 3.77. The Balaban J connectivity index is 2.38. The van der Waals surface area contributed by atoms with Gasteiger partial charge in [-0.2, -0.15) is 5.26 Å². The summed E-state index contributed by atoms with van der Waals surface area (Å²) in [6.07, 6.45) is 1.97. The quantitative estimate of drug-likeness (QED) is 0.815. The lowest BCUT2D eigenvalue weighted by Gasteiger charge is -2.04. The molecule has 0 N–H and O–H groups in total. The molecule has 0 aromatic carbocycles. The topological polar surface area (TPSA) is 50.8 Å². The molecule has 0 unspecified atom stereocenters. The molecule has 17 heavy (non-hydrogen) atoms. The smallest absolute Gasteiger partial charge is 0.142 e. The zero-order valence-corrected chi connectivity index (χ0v) is 11.1. The standard InChI is InChI=1S/C12H12BrN3O/c1-2-17-6-5-16-8-11(13)10-4-3-9(7-14)15-12(10)16/h3-4,8H,2,5-6H2,1H3. The monoisotopic (exact) mass is 293 g/mol. The average Bonchev–Trinajstić information content (AvgIpc) is 2.66. The van der Waals surface area contributed by atoms with Gasteiger partial charge in [0.25, 0.3) is 0 Å². The third-order valence-electron chi connectivity index (χ3n) is 2.47. The highest BCUT2D eigenvalue weighted by molar-refractivity contribution is 9.10. The number of fused-ring (bicyclic) bond motifs is 1. The first kappa shape index (κ1) is 12.1. The fourth-order valence-electron chi connectivity index (χ4n) is 1.66. The minimum atomic E-state index is 0.431. The van der Waals surface area contributed by atoms with Gasteiger partial charge in [0.1, 0.15) is 17.4 Å². The van der Waals surface area contributed by atoms with Crippen molar-refractivity contribution in [2.45, 2.75) is 13.5 Å². The predicted octanol–water partition coefficient (Wildman–Crippen LogP) is 2.71. The maximum atomic E-state index is 8.85. The van der Waals surface area contributed by atoms with Crippen molar-refractivity contribution in [2.75, 3.05) is 13.2 Å². The van der Waals surface area contributed by atoms with Crippen molar-refractivity contribution < 1.29 is 4.74 Å². The summed E-state index contributed by atoms with van der Waals surface area (Å²) in [6.45, 7) is 4.05. The Morgan fingerprint density at radius 2 is 2.35 bits per heavy atom. The second-order valence-electron chi connectivity index (χ2n) is 3.55. The van der Waals surface area contributed by atoms with Crippen molar-refractivity contribution >= 4 is 27.0 Å². The molecule has 2 aromatic heterocycles. The van der Waals surface area contributed by atoms with Crippen LogP contribution in [0.1, 0.15) is 12.6 Å². The summed E-state index contributed by atoms with van der Waals surface area (Å²) >= 11 is 3.49. The number of rotatable bonds is 4. The van der Waals surface area contributed by atoms with Crippen LogP contribution in [0.4, 0.5) is 0 Å². The van der Waals surface area contributed by atoms with Crippen LogP contribution in [-0.4, -0.2) is 22.8 Å². The molecule has 2 aromatic rings. The van der Waals surface area contributed by atoms with E-state index in [-0.39, 0.29) is 0 Å². The molecule has 0 aliphatic rings. The van der Waals surface area contributed by atoms with E-state index in [0.717, 1.165) is 22.1 Å². The molecule has 0 fully saturated rings. The molecule has 0 bridgehead atoms. The van der Waals surface area contributed by atoms with E-state index in [2.05, 4.69) is 27.0 Å². The number of nitrogens with zero attached hydrogens (tertiary/aromatic N) is 3. The molecule has 0 saturated carbocycles. The van der Waals surface area contributed by atoms with Gasteiger partial charge in [-0.15, -0.1) is 0 Å². The van der Waals surface area contributed by atoms with Crippen molar-refractivity contribution in [1.29, 1.82) is 5.26 Å². The highest BCUT2D eigenvalue weighted by Gasteiger charge is 2.08. The highest BCUT2D eigenvalue weighted by atomic mass is 79.9. The van der Waals surface area contributed by atoms with Gasteiger partial charge in [-0.1, -0.05) is 0 Å². The van der Waals surface area contributed by atoms with Crippen molar-refractivity contribution in [3.8, 4) is 6.07 Å². The molecule has 0 saturated heterocycles. The average molecular weight is 294 g/mol. The van der Waals surface area contributed by atoms with Crippen molar-refractivity contribution in [2.24, 2.45) is 0 Å². The van der Waals surface area contributed by atoms with E-state index >= 15 is 0 Å². The maximum Gasteiger partial charge on any atom is 0.142 e. The minimum absolute atomic E-state index is 0.431. The molecule has 2 rings (SSSR count). The van der Waals surface area contributed by atoms with Crippen LogP contribution in [0.25, 0.3) is 11.0 Å². The molecule has 5 heteroatoms. The molecule has 0 aliphatic heterocycles. The van der Waals surface area contributed by atoms with E-state index in [1.54, 1.807) is 6.07 Å². The number of halogens is 1. The Morgan fingerprint density at radius 3 is 3.06 bits per heavy atom. The van der Waals surface area contributed by atoms with Crippen LogP contribution in [0, 0.1) is 11.3 Å². The van der Waals surface area contributed by atoms with Crippen molar-refractivity contribution in [3.05, 3.63) is 28.5 Å². The van der Waals surface area contributed by atoms with Gasteiger partial charge >= 0.3 is 0 Å². The highest BCUT2D eigenvalue weighted by Crippen LogP contribution is 2.24. The zero-order chi connectivity index (χ0) is 12.3. The SMILES string of the molecule is CCOCCn1cc(Br)c2ccc(C#N)nc21. The second kappa shape index (κ2) is 5.30. The number of hydrogen-bond acceptors (Lipinski definition) is 3. The molecule has 0 atom stereocenters. The van der Waals surface area contributed by atoms with Gasteiger partial charge in [-0.3, -0.25) is 0 Å². The molecule has 0 radical (unpaired) electrons. The van der Waals surface area contributed by atoms with Crippen LogP contribution in [0.3, 0.4) is 0 Å². The van der Waals surface area contributed by atoms with E-state index in [1.165, 1.54) is 0 Å². The van der Waals surface area contributed by atoms with E-state index in [0.29, 0.717) is 18.9 Å². The van der Waals surface area contributed by atoms with Gasteiger partial charge in [-0.25, -0.2) is 4.98 Å². The summed E-state index contributed by atoms with van der Waals surface area (Å²) in [7, 11) is 0. The number of pyridine rings is 1. The lowest BCUT2D eigenvalue weighted by molar-refractivity contribution is 0.140. The lowest BCUT2D eigenvalue weighted by Crippen LogP contribution is -2.05. The molecule has 88 valence electrons. The third kappa shape index (κ3) is 2.48. The van der Waals surface area contributed by atoms with Crippen LogP contribution < -0.4 is 0 Å². The summed E-state index contributed by atoms with van der Waals surface area (Å²) in [4.78, 5) is 4.31. The van der Waals surface area contributed by atoms with Gasteiger partial charge in [0.05, 0.1) is 6.61 Å². The van der Waals surface area contributed by atoms with Crippen molar-refractivity contribution in [3.63, 3.8) is 0 Å². The first-order valence-electron chi connectivity index (χ1n) is 5.39. The Morgan fingerprint density at radius 1 is 1.53 bits per heavy atom. The number of nitriles is 1. The summed E-state index contributed by atoms with van der Waals surface area (Å²) in [5.41, 5.74) is 1.25. The maximum absolute atomic E-state index is 8.85. The molecule has 0 amide bonds. The zero-order valence-electron chi connectivity index (χ0n) is 9.48. The van der Waals surface area contributed by atoms with Gasteiger partial charge in [-0.05, 0) is 35.0 Å². The first-order valence-corrected chi connectivity index (χ1v) is 6.18. The second-order valence-corrected chi connectivity index (χ2v) is 4.40. The predicted molar refractivity (Wildman–Crippen MR) is 68.6 cm³/mol. The van der Waals surface area contributed by atoms with E-state index in [4.69, 9.17) is 10.00 Å². The van der Waals surface area contributed by atoms with Gasteiger partial charge in [0.15, 0.2) is 0 Å². The number of aromatic nitrogens is 2. The summed E-state index contributed by atoms with van der Waals surface area (Å²) in [6, 6.07) is 5.68. The first-order chi connectivity index (χ1) is 8.26. The summed E-state index contributed by atoms with van der Waals surface area (Å²) < 4.78 is 8.31. The minimum Gasteiger partial charge on any atom is -0.380 e. The van der Waals surface area contributed by atoms with Crippen LogP contribution >= 0.6 is 15.9 Å². The van der Waals surface area contributed by atoms with E-state index in [1.807, 2.05) is 23.8 Å². The fourth-order valence-corrected chi connectivity index (χ4v) is 2.22. The molecule has 4 nitrogen and oxygen atoms in total. The molecule has 2 heterocycles. The fraction of sp³-hybridized carbons (Fsp3) is 0.333. The Hall–Kier alpha value is -1.38.